The third-order valence-electron chi connectivity index (χ3n) is 3.29. The van der Waals surface area contributed by atoms with Crippen LogP contribution >= 0.6 is 23.2 Å². The molecule has 0 aliphatic carbocycles. The standard InChI is InChI=1S/C18H12Cl2FN3O/c19-15-6-4-13(9-16(15)20)24-18(25)17-7-5-14(10-22-17)23-12-3-1-2-11(21)8-12/h1-10,23H,(H,24,25). The number of nitrogens with zero attached hydrogens (tertiary/aromatic N) is 1. The zero-order valence-corrected chi connectivity index (χ0v) is 14.3. The quantitative estimate of drug-likeness (QED) is 0.630. The Morgan fingerprint density at radius 3 is 2.40 bits per heavy atom. The number of carbonyl (C=O) groups excluding carboxylic acids is 1. The van der Waals surface area contributed by atoms with Gasteiger partial charge in [-0.3, -0.25) is 4.79 Å². The van der Waals surface area contributed by atoms with Gasteiger partial charge in [-0.2, -0.15) is 0 Å². The molecule has 0 unspecified atom stereocenters. The minimum absolute atomic E-state index is 0.232. The first-order chi connectivity index (χ1) is 12.0. The molecular weight excluding hydrogens is 364 g/mol. The summed E-state index contributed by atoms with van der Waals surface area (Å²) in [5, 5.41) is 6.45. The maximum absolute atomic E-state index is 13.2. The number of hydrogen-bond acceptors (Lipinski definition) is 3. The van der Waals surface area contributed by atoms with E-state index < -0.39 is 0 Å². The van der Waals surface area contributed by atoms with Crippen LogP contribution in [0.1, 0.15) is 10.5 Å². The minimum Gasteiger partial charge on any atom is -0.354 e. The highest BCUT2D eigenvalue weighted by Gasteiger charge is 2.09. The number of nitrogens with one attached hydrogen (secondary N) is 2. The molecule has 3 aromatic rings. The fourth-order valence-corrected chi connectivity index (χ4v) is 2.40. The predicted molar refractivity (Wildman–Crippen MR) is 98.3 cm³/mol. The van der Waals surface area contributed by atoms with Crippen LogP contribution in [0.15, 0.2) is 60.8 Å². The summed E-state index contributed by atoms with van der Waals surface area (Å²) >= 11 is 11.8. The molecule has 0 aliphatic heterocycles. The van der Waals surface area contributed by atoms with E-state index in [1.165, 1.54) is 18.3 Å². The van der Waals surface area contributed by atoms with Gasteiger partial charge in [-0.15, -0.1) is 0 Å². The molecule has 2 N–H and O–H groups in total. The molecule has 25 heavy (non-hydrogen) atoms. The molecule has 1 aromatic heterocycles. The SMILES string of the molecule is O=C(Nc1ccc(Cl)c(Cl)c1)c1ccc(Nc2cccc(F)c2)cn1. The number of benzene rings is 2. The van der Waals surface area contributed by atoms with Crippen LogP contribution < -0.4 is 10.6 Å². The fourth-order valence-electron chi connectivity index (χ4n) is 2.10. The van der Waals surface area contributed by atoms with Crippen LogP contribution in [0.3, 0.4) is 0 Å². The number of carbonyl (C=O) groups is 1. The lowest BCUT2D eigenvalue weighted by molar-refractivity contribution is 0.102. The van der Waals surface area contributed by atoms with Crippen molar-refractivity contribution < 1.29 is 9.18 Å². The summed E-state index contributed by atoms with van der Waals surface area (Å²) < 4.78 is 13.2. The molecule has 0 fully saturated rings. The van der Waals surface area contributed by atoms with Crippen molar-refractivity contribution in [1.29, 1.82) is 0 Å². The van der Waals surface area contributed by atoms with Crippen molar-refractivity contribution in [3.63, 3.8) is 0 Å². The topological polar surface area (TPSA) is 54.0 Å². The Bertz CT molecular complexity index is 916. The van der Waals surface area contributed by atoms with Gasteiger partial charge in [-0.25, -0.2) is 9.37 Å². The highest BCUT2D eigenvalue weighted by Crippen LogP contribution is 2.25. The highest BCUT2D eigenvalue weighted by atomic mass is 35.5. The largest absolute Gasteiger partial charge is 0.354 e. The minimum atomic E-state index is -0.379. The molecule has 0 aliphatic rings. The Kier molecular flexibility index (Phi) is 5.16. The van der Waals surface area contributed by atoms with Crippen molar-refractivity contribution in [2.24, 2.45) is 0 Å². The monoisotopic (exact) mass is 375 g/mol. The lowest BCUT2D eigenvalue weighted by atomic mass is 10.2. The number of halogens is 3. The van der Waals surface area contributed by atoms with Gasteiger partial charge in [-0.1, -0.05) is 29.3 Å². The van der Waals surface area contributed by atoms with Gasteiger partial charge in [0.05, 0.1) is 21.9 Å². The van der Waals surface area contributed by atoms with Crippen LogP contribution in [0.5, 0.6) is 0 Å². The van der Waals surface area contributed by atoms with E-state index in [9.17, 15) is 9.18 Å². The Hall–Kier alpha value is -2.63. The first-order valence-electron chi connectivity index (χ1n) is 7.26. The molecule has 126 valence electrons. The lowest BCUT2D eigenvalue weighted by Gasteiger charge is -2.08. The van der Waals surface area contributed by atoms with Crippen LogP contribution in [0, 0.1) is 5.82 Å². The van der Waals surface area contributed by atoms with Crippen LogP contribution in [0.4, 0.5) is 21.5 Å². The molecule has 4 nitrogen and oxygen atoms in total. The van der Waals surface area contributed by atoms with Gasteiger partial charge in [0.25, 0.3) is 5.91 Å². The van der Waals surface area contributed by atoms with Crippen LogP contribution in [-0.4, -0.2) is 10.9 Å². The number of amides is 1. The Labute approximate surface area is 153 Å². The Balaban J connectivity index is 1.68. The lowest BCUT2D eigenvalue weighted by Crippen LogP contribution is -2.13. The first kappa shape index (κ1) is 17.2. The van der Waals surface area contributed by atoms with E-state index in [1.807, 2.05) is 0 Å². The normalized spacial score (nSPS) is 10.4. The summed E-state index contributed by atoms with van der Waals surface area (Å²) in [5.74, 6) is -0.716. The van der Waals surface area contributed by atoms with Gasteiger partial charge in [0.1, 0.15) is 11.5 Å². The van der Waals surface area contributed by atoms with Crippen molar-refractivity contribution in [3.05, 3.63) is 82.4 Å². The van der Waals surface area contributed by atoms with E-state index in [1.54, 1.807) is 42.5 Å². The van der Waals surface area contributed by atoms with Gasteiger partial charge < -0.3 is 10.6 Å². The molecule has 0 radical (unpaired) electrons. The van der Waals surface area contributed by atoms with Crippen molar-refractivity contribution >= 4 is 46.2 Å². The van der Waals surface area contributed by atoms with Gasteiger partial charge in [0, 0.05) is 11.4 Å². The van der Waals surface area contributed by atoms with E-state index in [0.29, 0.717) is 27.1 Å². The summed E-state index contributed by atoms with van der Waals surface area (Å²) in [7, 11) is 0. The average Bonchev–Trinajstić information content (AvgIpc) is 2.59. The zero-order chi connectivity index (χ0) is 17.8. The van der Waals surface area contributed by atoms with E-state index in [2.05, 4.69) is 15.6 Å². The summed E-state index contributed by atoms with van der Waals surface area (Å²) in [6.45, 7) is 0. The molecule has 7 heteroatoms. The number of pyridine rings is 1. The first-order valence-corrected chi connectivity index (χ1v) is 8.02. The average molecular weight is 376 g/mol. The van der Waals surface area contributed by atoms with Crippen molar-refractivity contribution in [1.82, 2.24) is 4.98 Å². The molecule has 2 aromatic carbocycles. The fraction of sp³-hybridized carbons (Fsp3) is 0. The summed E-state index contributed by atoms with van der Waals surface area (Å²) in [4.78, 5) is 16.3. The predicted octanol–water partition coefficient (Wildman–Crippen LogP) is 5.52. The zero-order valence-electron chi connectivity index (χ0n) is 12.8. The van der Waals surface area contributed by atoms with E-state index in [4.69, 9.17) is 23.2 Å². The summed E-state index contributed by atoms with van der Waals surface area (Å²) in [6.07, 6.45) is 1.49. The summed E-state index contributed by atoms with van der Waals surface area (Å²) in [6, 6.07) is 14.1. The molecule has 0 bridgehead atoms. The molecular formula is C18H12Cl2FN3O. The second-order valence-electron chi connectivity index (χ2n) is 5.15. The van der Waals surface area contributed by atoms with Crippen molar-refractivity contribution in [2.75, 3.05) is 10.6 Å². The van der Waals surface area contributed by atoms with Crippen molar-refractivity contribution in [3.8, 4) is 0 Å². The third-order valence-corrected chi connectivity index (χ3v) is 4.03. The highest BCUT2D eigenvalue weighted by molar-refractivity contribution is 6.42. The second kappa shape index (κ2) is 7.51. The van der Waals surface area contributed by atoms with Crippen LogP contribution in [0.2, 0.25) is 10.0 Å². The van der Waals surface area contributed by atoms with Crippen LogP contribution in [0.25, 0.3) is 0 Å². The molecule has 1 amide bonds. The van der Waals surface area contributed by atoms with Gasteiger partial charge in [0.2, 0.25) is 0 Å². The van der Waals surface area contributed by atoms with Gasteiger partial charge in [0.15, 0.2) is 0 Å². The Morgan fingerprint density at radius 2 is 1.72 bits per heavy atom. The van der Waals surface area contributed by atoms with E-state index in [0.717, 1.165) is 0 Å². The van der Waals surface area contributed by atoms with E-state index in [-0.39, 0.29) is 17.4 Å². The molecule has 0 saturated carbocycles. The third kappa shape index (κ3) is 4.47. The molecule has 0 spiro atoms. The molecule has 1 heterocycles. The summed E-state index contributed by atoms with van der Waals surface area (Å²) in [5.41, 5.74) is 1.98. The molecule has 3 rings (SSSR count). The molecule has 0 atom stereocenters. The maximum atomic E-state index is 13.2. The number of rotatable bonds is 4. The van der Waals surface area contributed by atoms with E-state index >= 15 is 0 Å². The van der Waals surface area contributed by atoms with Gasteiger partial charge in [-0.05, 0) is 48.5 Å². The second-order valence-corrected chi connectivity index (χ2v) is 5.96. The number of aromatic nitrogens is 1. The van der Waals surface area contributed by atoms with Crippen LogP contribution in [-0.2, 0) is 0 Å². The number of anilines is 3. The Morgan fingerprint density at radius 1 is 0.920 bits per heavy atom. The smallest absolute Gasteiger partial charge is 0.274 e. The molecule has 0 saturated heterocycles. The van der Waals surface area contributed by atoms with Gasteiger partial charge >= 0.3 is 0 Å². The number of hydrogen-bond donors (Lipinski definition) is 2. The van der Waals surface area contributed by atoms with Crippen molar-refractivity contribution in [2.45, 2.75) is 0 Å². The maximum Gasteiger partial charge on any atom is 0.274 e.